The number of methoxy groups -OCH3 is 1. The number of anilines is 1. The highest BCUT2D eigenvalue weighted by Crippen LogP contribution is 2.12. The van der Waals surface area contributed by atoms with E-state index in [-0.39, 0.29) is 0 Å². The highest BCUT2D eigenvalue weighted by atomic mass is 16.5. The molecule has 0 aliphatic heterocycles. The fourth-order valence-corrected chi connectivity index (χ4v) is 1.75. The van der Waals surface area contributed by atoms with E-state index < -0.39 is 5.97 Å². The molecule has 1 N–H and O–H groups in total. The van der Waals surface area contributed by atoms with E-state index in [1.165, 1.54) is 7.11 Å². The number of hydrogen-bond donors (Lipinski definition) is 1. The number of pyridine rings is 1. The monoisotopic (exact) mass is 260 g/mol. The van der Waals surface area contributed by atoms with E-state index in [2.05, 4.69) is 15.4 Å². The second-order valence-electron chi connectivity index (χ2n) is 4.09. The predicted molar refractivity (Wildman–Crippen MR) is 71.0 cm³/mol. The van der Waals surface area contributed by atoms with Crippen LogP contribution in [-0.2, 0) is 18.2 Å². The zero-order chi connectivity index (χ0) is 13.7. The summed E-state index contributed by atoms with van der Waals surface area (Å²) in [6.45, 7) is 0.673. The van der Waals surface area contributed by atoms with Crippen molar-refractivity contribution in [3.05, 3.63) is 41.9 Å². The van der Waals surface area contributed by atoms with Gasteiger partial charge in [-0.25, -0.2) is 9.78 Å². The third-order valence-corrected chi connectivity index (χ3v) is 2.68. The summed E-state index contributed by atoms with van der Waals surface area (Å²) in [5.74, 6) is 0.148. The molecule has 6 heteroatoms. The summed E-state index contributed by atoms with van der Waals surface area (Å²) in [4.78, 5) is 15.7. The van der Waals surface area contributed by atoms with Crippen LogP contribution in [0.5, 0.6) is 0 Å². The minimum absolute atomic E-state index is 0.392. The van der Waals surface area contributed by atoms with Gasteiger partial charge >= 0.3 is 5.97 Å². The molecule has 0 aromatic carbocycles. The molecule has 100 valence electrons. The fraction of sp³-hybridized carbons (Fsp3) is 0.308. The zero-order valence-corrected chi connectivity index (χ0v) is 11.0. The number of esters is 1. The van der Waals surface area contributed by atoms with Crippen molar-refractivity contribution in [1.82, 2.24) is 14.8 Å². The van der Waals surface area contributed by atoms with Gasteiger partial charge in [-0.3, -0.25) is 4.68 Å². The fourth-order valence-electron chi connectivity index (χ4n) is 1.75. The number of ether oxygens (including phenoxy) is 1. The molecule has 0 unspecified atom stereocenters. The van der Waals surface area contributed by atoms with Crippen LogP contribution in [0, 0.1) is 0 Å². The summed E-state index contributed by atoms with van der Waals surface area (Å²) >= 11 is 0. The minimum Gasteiger partial charge on any atom is -0.465 e. The molecule has 0 bridgehead atoms. The Morgan fingerprint density at radius 3 is 3.05 bits per heavy atom. The Balaban J connectivity index is 1.97. The maximum atomic E-state index is 11.6. The Kier molecular flexibility index (Phi) is 4.12. The molecule has 6 nitrogen and oxygen atoms in total. The van der Waals surface area contributed by atoms with E-state index in [4.69, 9.17) is 4.74 Å². The third kappa shape index (κ3) is 3.31. The molecule has 19 heavy (non-hydrogen) atoms. The lowest BCUT2D eigenvalue weighted by Gasteiger charge is -2.08. The Labute approximate surface area is 111 Å². The second-order valence-corrected chi connectivity index (χ2v) is 4.09. The van der Waals surface area contributed by atoms with Gasteiger partial charge in [0.1, 0.15) is 11.4 Å². The molecular weight excluding hydrogens is 244 g/mol. The first-order valence-corrected chi connectivity index (χ1v) is 5.95. The van der Waals surface area contributed by atoms with Crippen LogP contribution in [0.15, 0.2) is 30.7 Å². The van der Waals surface area contributed by atoms with E-state index in [1.807, 2.05) is 19.4 Å². The maximum absolute atomic E-state index is 11.6. The number of rotatable bonds is 5. The van der Waals surface area contributed by atoms with Crippen LogP contribution in [0.4, 0.5) is 5.82 Å². The molecule has 2 rings (SSSR count). The van der Waals surface area contributed by atoms with Crippen LogP contribution in [-0.4, -0.2) is 34.4 Å². The van der Waals surface area contributed by atoms with Gasteiger partial charge in [-0.15, -0.1) is 0 Å². The quantitative estimate of drug-likeness (QED) is 0.819. The largest absolute Gasteiger partial charge is 0.465 e. The Morgan fingerprint density at radius 1 is 1.53 bits per heavy atom. The average Bonchev–Trinajstić information content (AvgIpc) is 2.84. The first-order valence-electron chi connectivity index (χ1n) is 5.95. The zero-order valence-electron chi connectivity index (χ0n) is 11.0. The maximum Gasteiger partial charge on any atom is 0.341 e. The number of nitrogens with one attached hydrogen (secondary N) is 1. The van der Waals surface area contributed by atoms with Crippen LogP contribution >= 0.6 is 0 Å². The summed E-state index contributed by atoms with van der Waals surface area (Å²) in [6.07, 6.45) is 6.23. The normalized spacial score (nSPS) is 10.2. The molecule has 2 aromatic rings. The van der Waals surface area contributed by atoms with Gasteiger partial charge in [0, 0.05) is 26.0 Å². The molecule has 0 aliphatic carbocycles. The van der Waals surface area contributed by atoms with Gasteiger partial charge in [-0.1, -0.05) is 0 Å². The van der Waals surface area contributed by atoms with Gasteiger partial charge in [0.2, 0.25) is 0 Å². The minimum atomic E-state index is -0.392. The standard InChI is InChI=1S/C13H16N4O2/c1-17-9-10(8-16-17)5-7-15-12-11(13(18)19-2)4-3-6-14-12/h3-4,6,8-9H,5,7H2,1-2H3,(H,14,15). The van der Waals surface area contributed by atoms with Crippen LogP contribution in [0.1, 0.15) is 15.9 Å². The second kappa shape index (κ2) is 5.99. The summed E-state index contributed by atoms with van der Waals surface area (Å²) in [5.41, 5.74) is 1.57. The number of hydrogen-bond acceptors (Lipinski definition) is 5. The lowest BCUT2D eigenvalue weighted by molar-refractivity contribution is 0.0601. The average molecular weight is 260 g/mol. The van der Waals surface area contributed by atoms with E-state index in [0.717, 1.165) is 12.0 Å². The van der Waals surface area contributed by atoms with Crippen molar-refractivity contribution in [2.75, 3.05) is 19.0 Å². The Hall–Kier alpha value is -2.37. The highest BCUT2D eigenvalue weighted by molar-refractivity contribution is 5.94. The van der Waals surface area contributed by atoms with Crippen LogP contribution in [0.2, 0.25) is 0 Å². The van der Waals surface area contributed by atoms with Crippen molar-refractivity contribution in [1.29, 1.82) is 0 Å². The highest BCUT2D eigenvalue weighted by Gasteiger charge is 2.11. The lowest BCUT2D eigenvalue weighted by atomic mass is 10.2. The molecule has 0 radical (unpaired) electrons. The van der Waals surface area contributed by atoms with Crippen molar-refractivity contribution in [3.63, 3.8) is 0 Å². The number of carbonyl (C=O) groups excluding carboxylic acids is 1. The number of carbonyl (C=O) groups is 1. The van der Waals surface area contributed by atoms with E-state index in [9.17, 15) is 4.79 Å². The summed E-state index contributed by atoms with van der Waals surface area (Å²) in [5, 5.41) is 7.24. The van der Waals surface area contributed by atoms with Crippen LogP contribution in [0.25, 0.3) is 0 Å². The molecule has 0 amide bonds. The third-order valence-electron chi connectivity index (χ3n) is 2.68. The predicted octanol–water partition coefficient (Wildman–Crippen LogP) is 1.26. The van der Waals surface area contributed by atoms with Gasteiger partial charge in [-0.05, 0) is 24.1 Å². The molecule has 0 saturated heterocycles. The van der Waals surface area contributed by atoms with Crippen molar-refractivity contribution in [2.24, 2.45) is 7.05 Å². The van der Waals surface area contributed by atoms with Crippen molar-refractivity contribution < 1.29 is 9.53 Å². The van der Waals surface area contributed by atoms with Crippen molar-refractivity contribution in [2.45, 2.75) is 6.42 Å². The number of nitrogens with zero attached hydrogens (tertiary/aromatic N) is 3. The topological polar surface area (TPSA) is 69.0 Å². The van der Waals surface area contributed by atoms with Crippen molar-refractivity contribution >= 4 is 11.8 Å². The van der Waals surface area contributed by atoms with Crippen LogP contribution < -0.4 is 5.32 Å². The summed E-state index contributed by atoms with van der Waals surface area (Å²) < 4.78 is 6.47. The van der Waals surface area contributed by atoms with Gasteiger partial charge in [0.15, 0.2) is 0 Å². The SMILES string of the molecule is COC(=O)c1cccnc1NCCc1cnn(C)c1. The Morgan fingerprint density at radius 2 is 2.37 bits per heavy atom. The van der Waals surface area contributed by atoms with Crippen molar-refractivity contribution in [3.8, 4) is 0 Å². The van der Waals surface area contributed by atoms with Gasteiger partial charge in [0.25, 0.3) is 0 Å². The molecule has 0 fully saturated rings. The first kappa shape index (κ1) is 13.1. The molecule has 2 heterocycles. The molecule has 0 saturated carbocycles. The summed E-state index contributed by atoms with van der Waals surface area (Å²) in [6, 6.07) is 3.39. The molecule has 0 aliphatic rings. The Bertz CT molecular complexity index is 565. The van der Waals surface area contributed by atoms with Crippen LogP contribution in [0.3, 0.4) is 0 Å². The van der Waals surface area contributed by atoms with Gasteiger partial charge in [-0.2, -0.15) is 5.10 Å². The summed E-state index contributed by atoms with van der Waals surface area (Å²) in [7, 11) is 3.24. The first-order chi connectivity index (χ1) is 9.20. The lowest BCUT2D eigenvalue weighted by Crippen LogP contribution is -2.12. The smallest absolute Gasteiger partial charge is 0.341 e. The molecule has 0 atom stereocenters. The molecule has 0 spiro atoms. The number of aromatic nitrogens is 3. The number of aryl methyl sites for hydroxylation is 1. The molecular formula is C13H16N4O2. The molecule has 2 aromatic heterocycles. The van der Waals surface area contributed by atoms with E-state index in [0.29, 0.717) is 17.9 Å². The van der Waals surface area contributed by atoms with E-state index >= 15 is 0 Å². The van der Waals surface area contributed by atoms with E-state index in [1.54, 1.807) is 23.0 Å². The van der Waals surface area contributed by atoms with Gasteiger partial charge in [0.05, 0.1) is 13.3 Å². The van der Waals surface area contributed by atoms with Gasteiger partial charge < -0.3 is 10.1 Å².